The molecule has 4 atom stereocenters. The van der Waals surface area contributed by atoms with Gasteiger partial charge in [0, 0.05) is 36.8 Å². The van der Waals surface area contributed by atoms with Crippen LogP contribution in [0.3, 0.4) is 0 Å². The third-order valence-electron chi connectivity index (χ3n) is 7.73. The molecule has 230 valence electrons. The second-order valence-electron chi connectivity index (χ2n) is 11.0. The van der Waals surface area contributed by atoms with E-state index in [1.165, 1.54) is 11.1 Å². The van der Waals surface area contributed by atoms with Gasteiger partial charge in [0.2, 0.25) is 0 Å². The minimum atomic E-state index is -2.10. The van der Waals surface area contributed by atoms with Crippen molar-refractivity contribution in [2.75, 3.05) is 11.9 Å². The Morgan fingerprint density at radius 3 is 1.98 bits per heavy atom. The topological polar surface area (TPSA) is 71.0 Å². The summed E-state index contributed by atoms with van der Waals surface area (Å²) in [5, 5.41) is 12.2. The van der Waals surface area contributed by atoms with Gasteiger partial charge < -0.3 is 19.9 Å². The molecule has 0 aliphatic carbocycles. The van der Waals surface area contributed by atoms with Gasteiger partial charge in [0.25, 0.3) is 9.70 Å². The number of nitrogens with one attached hydrogen (secondary N) is 1. The maximum atomic E-state index is 12.3. The van der Waals surface area contributed by atoms with Crippen LogP contribution in [-0.2, 0) is 34.0 Å². The lowest BCUT2D eigenvalue weighted by Gasteiger charge is -2.43. The maximum Gasteiger partial charge on any atom is 0.276 e. The van der Waals surface area contributed by atoms with E-state index in [2.05, 4.69) is 65.7 Å². The van der Waals surface area contributed by atoms with Crippen molar-refractivity contribution >= 4 is 46.4 Å². The molecular formula is C35H35Cl3N2O4. The third kappa shape index (κ3) is 8.61. The lowest BCUT2D eigenvalue weighted by molar-refractivity contribution is -0.276. The molecule has 1 aliphatic rings. The van der Waals surface area contributed by atoms with Crippen LogP contribution < -0.4 is 5.32 Å². The Bertz CT molecular complexity index is 1460. The number of nitrogens with zero attached hydrogens (tertiary/aromatic N) is 1. The summed E-state index contributed by atoms with van der Waals surface area (Å²) in [6.07, 6.45) is -1.22. The lowest BCUT2D eigenvalue weighted by Crippen LogP contribution is -2.44. The van der Waals surface area contributed by atoms with Crippen LogP contribution in [0.2, 0.25) is 0 Å². The van der Waals surface area contributed by atoms with E-state index in [0.717, 1.165) is 29.8 Å². The predicted octanol–water partition coefficient (Wildman–Crippen LogP) is 7.98. The van der Waals surface area contributed by atoms with Gasteiger partial charge in [0.1, 0.15) is 0 Å². The average Bonchev–Trinajstić information content (AvgIpc) is 3.03. The molecule has 1 heterocycles. The molecule has 6 nitrogen and oxygen atoms in total. The van der Waals surface area contributed by atoms with Gasteiger partial charge in [-0.05, 0) is 34.4 Å². The van der Waals surface area contributed by atoms with Crippen molar-refractivity contribution in [2.24, 2.45) is 5.92 Å². The van der Waals surface area contributed by atoms with Gasteiger partial charge in [0.05, 0.1) is 18.8 Å². The number of hydrogen-bond donors (Lipinski definition) is 2. The molecule has 0 bridgehead atoms. The number of amides is 1. The summed E-state index contributed by atoms with van der Waals surface area (Å²) in [7, 11) is 0. The highest BCUT2D eigenvalue weighted by Gasteiger charge is 2.39. The fourth-order valence-electron chi connectivity index (χ4n) is 5.42. The highest BCUT2D eigenvalue weighted by molar-refractivity contribution is 6.76. The van der Waals surface area contributed by atoms with Crippen LogP contribution in [0.5, 0.6) is 0 Å². The van der Waals surface area contributed by atoms with Crippen LogP contribution in [-0.4, -0.2) is 32.4 Å². The monoisotopic (exact) mass is 652 g/mol. The second-order valence-corrected chi connectivity index (χ2v) is 13.3. The summed E-state index contributed by atoms with van der Waals surface area (Å²) in [6, 6.07) is 35.8. The van der Waals surface area contributed by atoms with Gasteiger partial charge >= 0.3 is 0 Å². The van der Waals surface area contributed by atoms with Crippen LogP contribution in [0.1, 0.15) is 47.1 Å². The number of rotatable bonds is 10. The first-order valence-corrected chi connectivity index (χ1v) is 15.6. The minimum Gasteiger partial charge on any atom is -0.392 e. The number of anilines is 1. The van der Waals surface area contributed by atoms with Crippen molar-refractivity contribution in [3.05, 3.63) is 137 Å². The molecule has 0 radical (unpaired) electrons. The molecule has 1 amide bonds. The first-order chi connectivity index (χ1) is 21.2. The summed E-state index contributed by atoms with van der Waals surface area (Å²) in [4.78, 5) is 14.7. The van der Waals surface area contributed by atoms with Gasteiger partial charge in [0.15, 0.2) is 6.29 Å². The molecule has 0 spiro atoms. The van der Waals surface area contributed by atoms with E-state index < -0.39 is 16.0 Å². The van der Waals surface area contributed by atoms with Crippen LogP contribution in [0, 0.1) is 5.92 Å². The lowest BCUT2D eigenvalue weighted by atomic mass is 9.89. The van der Waals surface area contributed by atoms with E-state index in [4.69, 9.17) is 44.3 Å². The number of benzene rings is 4. The smallest absolute Gasteiger partial charge is 0.276 e. The zero-order valence-corrected chi connectivity index (χ0v) is 26.6. The van der Waals surface area contributed by atoms with Crippen molar-refractivity contribution in [3.8, 4) is 0 Å². The zero-order chi connectivity index (χ0) is 31.1. The Morgan fingerprint density at radius 1 is 0.795 bits per heavy atom. The highest BCUT2D eigenvalue weighted by atomic mass is 35.6. The van der Waals surface area contributed by atoms with E-state index in [9.17, 15) is 9.90 Å². The molecule has 2 N–H and O–H groups in total. The fraction of sp³-hybridized carbons (Fsp3) is 0.286. The number of halogens is 3. The number of alkyl halides is 3. The van der Waals surface area contributed by atoms with E-state index in [-0.39, 0.29) is 24.7 Å². The Balaban J connectivity index is 1.45. The predicted molar refractivity (Wildman–Crippen MR) is 175 cm³/mol. The molecule has 1 fully saturated rings. The fourth-order valence-corrected chi connectivity index (χ4v) is 5.56. The number of aliphatic hydroxyl groups is 1. The SMILES string of the molecule is C[C@@H]1[C@H](CN(Cc2ccccc2)Cc2ccccc2)O[C@H](c2cccc(NC(=O)C(Cl)(Cl)Cl)c2)O[C@@H]1c1ccc(CO)cc1. The molecule has 0 aromatic heterocycles. The molecule has 5 rings (SSSR count). The van der Waals surface area contributed by atoms with E-state index >= 15 is 0 Å². The van der Waals surface area contributed by atoms with Crippen LogP contribution >= 0.6 is 34.8 Å². The number of carbonyl (C=O) groups is 1. The number of hydrogen-bond acceptors (Lipinski definition) is 5. The van der Waals surface area contributed by atoms with Gasteiger partial charge in [-0.25, -0.2) is 0 Å². The zero-order valence-electron chi connectivity index (χ0n) is 24.3. The summed E-state index contributed by atoms with van der Waals surface area (Å²) in [5.41, 5.74) is 5.43. The highest BCUT2D eigenvalue weighted by Crippen LogP contribution is 2.42. The quantitative estimate of drug-likeness (QED) is 0.170. The standard InChI is InChI=1S/C35H35Cl3N2O4/c1-24-31(22-40(20-25-9-4-2-5-10-25)21-26-11-6-3-7-12-26)43-33(44-32(24)28-17-15-27(23-41)16-18-28)29-13-8-14-30(19-29)39-34(42)35(36,37)38/h2-19,24,31-33,41H,20-23H2,1H3,(H,39,42)/t24-,31+,32+,33+/m1/s1. The molecule has 0 unspecified atom stereocenters. The van der Waals surface area contributed by atoms with Crippen molar-refractivity contribution in [3.63, 3.8) is 0 Å². The van der Waals surface area contributed by atoms with E-state index in [0.29, 0.717) is 12.2 Å². The normalized spacial score (nSPS) is 20.4. The first-order valence-electron chi connectivity index (χ1n) is 14.5. The molecule has 0 saturated carbocycles. The molecule has 9 heteroatoms. The van der Waals surface area contributed by atoms with Crippen molar-refractivity contribution in [2.45, 2.75) is 48.9 Å². The van der Waals surface area contributed by atoms with Crippen LogP contribution in [0.4, 0.5) is 5.69 Å². The van der Waals surface area contributed by atoms with Gasteiger partial charge in [-0.2, -0.15) is 0 Å². The molecule has 1 saturated heterocycles. The van der Waals surface area contributed by atoms with Crippen LogP contribution in [0.25, 0.3) is 0 Å². The van der Waals surface area contributed by atoms with Gasteiger partial charge in [-0.1, -0.05) is 139 Å². The largest absolute Gasteiger partial charge is 0.392 e. The summed E-state index contributed by atoms with van der Waals surface area (Å²) in [5.74, 6) is -0.761. The second kappa shape index (κ2) is 14.9. The number of carbonyl (C=O) groups excluding carboxylic acids is 1. The van der Waals surface area contributed by atoms with Crippen LogP contribution in [0.15, 0.2) is 109 Å². The molecule has 44 heavy (non-hydrogen) atoms. The average molecular weight is 654 g/mol. The maximum absolute atomic E-state index is 12.3. The van der Waals surface area contributed by atoms with E-state index in [1.54, 1.807) is 18.2 Å². The van der Waals surface area contributed by atoms with Gasteiger partial charge in [-0.15, -0.1) is 0 Å². The first kappa shape index (κ1) is 32.5. The number of ether oxygens (including phenoxy) is 2. The Kier molecular flexibility index (Phi) is 11.0. The van der Waals surface area contributed by atoms with Crippen molar-refractivity contribution < 1.29 is 19.4 Å². The summed E-state index contributed by atoms with van der Waals surface area (Å²) in [6.45, 7) is 4.27. The van der Waals surface area contributed by atoms with Crippen molar-refractivity contribution in [1.29, 1.82) is 0 Å². The molecule has 4 aromatic carbocycles. The van der Waals surface area contributed by atoms with Crippen molar-refractivity contribution in [1.82, 2.24) is 4.90 Å². The summed E-state index contributed by atoms with van der Waals surface area (Å²) >= 11 is 17.3. The Labute approximate surface area is 273 Å². The summed E-state index contributed by atoms with van der Waals surface area (Å²) < 4.78 is 11.2. The van der Waals surface area contributed by atoms with Gasteiger partial charge in [-0.3, -0.25) is 9.69 Å². The van der Waals surface area contributed by atoms with E-state index in [1.807, 2.05) is 42.5 Å². The Hall–Kier alpha value is -2.94. The molecule has 1 aliphatic heterocycles. The Morgan fingerprint density at radius 2 is 1.41 bits per heavy atom. The molecule has 4 aromatic rings. The third-order valence-corrected chi connectivity index (χ3v) is 8.25. The molecular weight excluding hydrogens is 619 g/mol. The number of aliphatic hydroxyl groups excluding tert-OH is 1. The minimum absolute atomic E-state index is 0.00693.